The number of nitrogens with one attached hydrogen (secondary N) is 1. The molecule has 0 saturated carbocycles. The molecule has 0 aliphatic carbocycles. The second-order valence-corrected chi connectivity index (χ2v) is 4.46. The van der Waals surface area contributed by atoms with Crippen LogP contribution in [0, 0.1) is 0 Å². The van der Waals surface area contributed by atoms with Crippen LogP contribution in [0.4, 0.5) is 0 Å². The van der Waals surface area contributed by atoms with Crippen LogP contribution in [0.15, 0.2) is 10.6 Å². The lowest BCUT2D eigenvalue weighted by atomic mass is 10.3. The summed E-state index contributed by atoms with van der Waals surface area (Å²) in [5.41, 5.74) is 0.665. The van der Waals surface area contributed by atoms with Gasteiger partial charge >= 0.3 is 11.9 Å². The average molecular weight is 259 g/mol. The van der Waals surface area contributed by atoms with Crippen LogP contribution in [-0.4, -0.2) is 36.9 Å². The molecule has 6 heteroatoms. The van der Waals surface area contributed by atoms with E-state index in [1.54, 1.807) is 20.8 Å². The van der Waals surface area contributed by atoms with Gasteiger partial charge in [-0.05, 0) is 20.8 Å². The summed E-state index contributed by atoms with van der Waals surface area (Å²) in [6.45, 7) is 5.98. The van der Waals surface area contributed by atoms with E-state index in [4.69, 9.17) is 9.47 Å². The maximum atomic E-state index is 11.6. The van der Waals surface area contributed by atoms with Gasteiger partial charge in [-0.15, -0.1) is 11.8 Å². The largest absolute Gasteiger partial charge is 0.464 e. The topological polar surface area (TPSA) is 64.6 Å². The van der Waals surface area contributed by atoms with Gasteiger partial charge in [-0.2, -0.15) is 0 Å². The number of ether oxygens (including phenoxy) is 2. The normalized spacial score (nSPS) is 19.6. The number of carbonyl (C=O) groups is 2. The molecule has 0 aromatic carbocycles. The molecule has 5 nitrogen and oxygen atoms in total. The summed E-state index contributed by atoms with van der Waals surface area (Å²) in [6.07, 6.45) is 0. The molecule has 96 valence electrons. The molecular formula is C11H17NO4S. The third-order valence-electron chi connectivity index (χ3n) is 2.16. The monoisotopic (exact) mass is 259 g/mol. The standard InChI is InChI=1S/C11H17NO4S/c1-4-15-10(13)8-6-17-9(7(3)12-8)11(14)16-5-2/h8,12H,4-6H2,1-3H3. The van der Waals surface area contributed by atoms with Crippen LogP contribution in [0.3, 0.4) is 0 Å². The van der Waals surface area contributed by atoms with Gasteiger partial charge in [0.2, 0.25) is 0 Å². The first-order valence-electron chi connectivity index (χ1n) is 5.54. The minimum atomic E-state index is -0.391. The predicted octanol–water partition coefficient (Wildman–Crippen LogP) is 1.05. The molecule has 0 radical (unpaired) electrons. The zero-order valence-corrected chi connectivity index (χ0v) is 11.1. The minimum Gasteiger partial charge on any atom is -0.464 e. The number of hydrogen-bond acceptors (Lipinski definition) is 6. The summed E-state index contributed by atoms with van der Waals surface area (Å²) in [5.74, 6) is -0.156. The van der Waals surface area contributed by atoms with Gasteiger partial charge in [0.1, 0.15) is 10.9 Å². The van der Waals surface area contributed by atoms with Crippen LogP contribution in [0.5, 0.6) is 0 Å². The van der Waals surface area contributed by atoms with Crippen molar-refractivity contribution >= 4 is 23.7 Å². The zero-order valence-electron chi connectivity index (χ0n) is 10.2. The molecule has 0 fully saturated rings. The summed E-state index contributed by atoms with van der Waals surface area (Å²) in [5, 5.41) is 2.97. The number of allylic oxidation sites excluding steroid dienone is 1. The summed E-state index contributed by atoms with van der Waals surface area (Å²) in [6, 6.07) is -0.391. The van der Waals surface area contributed by atoms with Crippen LogP contribution < -0.4 is 5.32 Å². The Hall–Kier alpha value is -1.17. The lowest BCUT2D eigenvalue weighted by Gasteiger charge is -2.24. The van der Waals surface area contributed by atoms with Crippen molar-refractivity contribution < 1.29 is 19.1 Å². The molecule has 0 spiro atoms. The van der Waals surface area contributed by atoms with Gasteiger partial charge in [0.15, 0.2) is 0 Å². The van der Waals surface area contributed by atoms with E-state index in [9.17, 15) is 9.59 Å². The molecule has 0 amide bonds. The summed E-state index contributed by atoms with van der Waals surface area (Å²) in [7, 11) is 0. The highest BCUT2D eigenvalue weighted by molar-refractivity contribution is 8.04. The zero-order chi connectivity index (χ0) is 12.8. The van der Waals surface area contributed by atoms with Crippen molar-refractivity contribution in [2.45, 2.75) is 26.8 Å². The van der Waals surface area contributed by atoms with Gasteiger partial charge in [0.05, 0.1) is 13.2 Å². The second-order valence-electron chi connectivity index (χ2n) is 3.43. The molecule has 1 N–H and O–H groups in total. The highest BCUT2D eigenvalue weighted by Gasteiger charge is 2.28. The van der Waals surface area contributed by atoms with Gasteiger partial charge in [0, 0.05) is 11.4 Å². The fraction of sp³-hybridized carbons (Fsp3) is 0.636. The maximum Gasteiger partial charge on any atom is 0.346 e. The van der Waals surface area contributed by atoms with Gasteiger partial charge in [-0.3, -0.25) is 0 Å². The molecule has 0 aromatic heterocycles. The van der Waals surface area contributed by atoms with Crippen LogP contribution >= 0.6 is 11.8 Å². The number of thioether (sulfide) groups is 1. The van der Waals surface area contributed by atoms with Gasteiger partial charge < -0.3 is 14.8 Å². The Morgan fingerprint density at radius 2 is 2.00 bits per heavy atom. The van der Waals surface area contributed by atoms with Crippen LogP contribution in [0.2, 0.25) is 0 Å². The molecular weight excluding hydrogens is 242 g/mol. The summed E-state index contributed by atoms with van der Waals surface area (Å²) in [4.78, 5) is 23.6. The van der Waals surface area contributed by atoms with Crippen LogP contribution in [0.1, 0.15) is 20.8 Å². The maximum absolute atomic E-state index is 11.6. The average Bonchev–Trinajstić information content (AvgIpc) is 2.29. The molecule has 0 saturated heterocycles. The van der Waals surface area contributed by atoms with E-state index in [0.717, 1.165) is 0 Å². The van der Waals surface area contributed by atoms with E-state index in [2.05, 4.69) is 5.32 Å². The van der Waals surface area contributed by atoms with E-state index >= 15 is 0 Å². The smallest absolute Gasteiger partial charge is 0.346 e. The Bertz CT molecular complexity index is 340. The molecule has 1 unspecified atom stereocenters. The van der Waals surface area contributed by atoms with Crippen molar-refractivity contribution in [3.05, 3.63) is 10.6 Å². The Morgan fingerprint density at radius 3 is 2.53 bits per heavy atom. The minimum absolute atomic E-state index is 0.290. The molecule has 1 aliphatic heterocycles. The Kier molecular flexibility index (Phi) is 5.34. The first kappa shape index (κ1) is 13.9. The highest BCUT2D eigenvalue weighted by Crippen LogP contribution is 2.26. The first-order chi connectivity index (χ1) is 8.10. The number of hydrogen-bond donors (Lipinski definition) is 1. The highest BCUT2D eigenvalue weighted by atomic mass is 32.2. The van der Waals surface area contributed by atoms with E-state index < -0.39 is 6.04 Å². The van der Waals surface area contributed by atoms with E-state index in [-0.39, 0.29) is 11.9 Å². The van der Waals surface area contributed by atoms with Crippen molar-refractivity contribution in [3.8, 4) is 0 Å². The fourth-order valence-electron chi connectivity index (χ4n) is 1.42. The SMILES string of the molecule is CCOC(=O)C1=C(C)NC(C(=O)OCC)CS1. The lowest BCUT2D eigenvalue weighted by molar-refractivity contribution is -0.145. The van der Waals surface area contributed by atoms with Gasteiger partial charge in [-0.1, -0.05) is 0 Å². The lowest BCUT2D eigenvalue weighted by Crippen LogP contribution is -2.42. The Morgan fingerprint density at radius 1 is 1.35 bits per heavy atom. The van der Waals surface area contributed by atoms with Crippen molar-refractivity contribution in [1.82, 2.24) is 5.32 Å². The van der Waals surface area contributed by atoms with E-state index in [1.165, 1.54) is 11.8 Å². The van der Waals surface area contributed by atoms with Crippen molar-refractivity contribution in [3.63, 3.8) is 0 Å². The van der Waals surface area contributed by atoms with Crippen molar-refractivity contribution in [2.24, 2.45) is 0 Å². The molecule has 1 atom stereocenters. The predicted molar refractivity (Wildman–Crippen MR) is 65.3 cm³/mol. The quantitative estimate of drug-likeness (QED) is 0.761. The second kappa shape index (κ2) is 6.54. The molecule has 0 aromatic rings. The third-order valence-corrected chi connectivity index (χ3v) is 3.42. The summed E-state index contributed by atoms with van der Waals surface area (Å²) < 4.78 is 9.84. The number of carbonyl (C=O) groups excluding carboxylic acids is 2. The van der Waals surface area contributed by atoms with Gasteiger partial charge in [0.25, 0.3) is 0 Å². The Labute approximate surface area is 105 Å². The van der Waals surface area contributed by atoms with Gasteiger partial charge in [-0.25, -0.2) is 9.59 Å². The summed E-state index contributed by atoms with van der Waals surface area (Å²) >= 11 is 1.32. The molecule has 1 aliphatic rings. The van der Waals surface area contributed by atoms with Crippen molar-refractivity contribution in [1.29, 1.82) is 0 Å². The number of esters is 2. The van der Waals surface area contributed by atoms with Crippen LogP contribution in [0.25, 0.3) is 0 Å². The van der Waals surface area contributed by atoms with Crippen LogP contribution in [-0.2, 0) is 19.1 Å². The first-order valence-corrected chi connectivity index (χ1v) is 6.52. The Balaban J connectivity index is 2.65. The number of rotatable bonds is 4. The fourth-order valence-corrected chi connectivity index (χ4v) is 2.43. The molecule has 17 heavy (non-hydrogen) atoms. The molecule has 1 heterocycles. The van der Waals surface area contributed by atoms with E-state index in [1.807, 2.05) is 0 Å². The molecule has 1 rings (SSSR count). The molecule has 0 bridgehead atoms. The van der Waals surface area contributed by atoms with E-state index in [0.29, 0.717) is 29.6 Å². The van der Waals surface area contributed by atoms with Crippen molar-refractivity contribution in [2.75, 3.05) is 19.0 Å². The third kappa shape index (κ3) is 3.66.